The number of para-hydroxylation sites is 1. The number of fused-ring (bicyclic) bond motifs is 3. The zero-order valence-corrected chi connectivity index (χ0v) is 65.9. The summed E-state index contributed by atoms with van der Waals surface area (Å²) in [5.41, 5.74) is 10.7. The summed E-state index contributed by atoms with van der Waals surface area (Å²) in [6.07, 6.45) is 24.7. The smallest absolute Gasteiger partial charge is 0.151 e. The number of nitrogens with one attached hydrogen (secondary N) is 3. The van der Waals surface area contributed by atoms with Crippen molar-refractivity contribution < 1.29 is 51.6 Å². The standard InChI is InChI=1S/C30H42FN3O3.C29H40FN3O3.C29H41N3O3/c1-20(2)37-19-24-10-12-25(31)17-28(24)29(22(4)35)34-15-14-27(18-34)36-16-6-5-7-26-13-11-23-9-8-21(3)32-30(23)33-26;1-21(34)28(26-19-24(30)11-13-27(26)36-18-17-35-2)33-16-14-22(20-33)7-4-3-5-9-25-12-10-23-8-6-15-31-29(23)32-25;1-22(33)28(26-12-6-7-13-27(26)35-20-19-34-2)32-18-16-23(21-32)9-4-3-5-11-25-15-14-24-10-8-17-30-29(24)31-25/h10-13,17,20-21,27,29H,5-9,14-16,18-19H2,1-4H3,(H,32,33);10-13,19,22,28H,3-9,14-18,20H2,1-2H3,(H,31,32);6-7,12-15,23,28H,3-5,8-11,16-21H2,1-2H3,(H,30,31)/t21?,27-,29-;22-,28?;23-,28-/m111/s1. The molecule has 3 aromatic carbocycles. The highest BCUT2D eigenvalue weighted by atomic mass is 19.1. The lowest BCUT2D eigenvalue weighted by Gasteiger charge is -2.28. The summed E-state index contributed by atoms with van der Waals surface area (Å²) >= 11 is 0. The van der Waals surface area contributed by atoms with Crippen LogP contribution < -0.4 is 25.4 Å². The molecule has 0 saturated carbocycles. The second kappa shape index (κ2) is 43.3. The first-order chi connectivity index (χ1) is 52.5. The number of Topliss-reactive ketones (excluding diaryl/α,β-unsaturated/α-hetero) is 3. The van der Waals surface area contributed by atoms with Gasteiger partial charge in [-0.25, -0.2) is 23.7 Å². The van der Waals surface area contributed by atoms with Crippen LogP contribution in [-0.2, 0) is 78.5 Å². The fourth-order valence-electron chi connectivity index (χ4n) is 16.4. The molecule has 0 amide bonds. The Labute approximate surface area is 642 Å². The molecule has 18 nitrogen and oxygen atoms in total. The van der Waals surface area contributed by atoms with E-state index in [4.69, 9.17) is 43.4 Å². The van der Waals surface area contributed by atoms with Gasteiger partial charge in [-0.15, -0.1) is 0 Å². The van der Waals surface area contributed by atoms with E-state index in [-0.39, 0.29) is 47.2 Å². The monoisotopic (exact) mass is 1490 g/mol. The molecule has 20 heteroatoms. The van der Waals surface area contributed by atoms with Gasteiger partial charge in [-0.2, -0.15) is 0 Å². The van der Waals surface area contributed by atoms with Gasteiger partial charge in [0.2, 0.25) is 0 Å². The van der Waals surface area contributed by atoms with Gasteiger partial charge in [0.15, 0.2) is 17.3 Å². The van der Waals surface area contributed by atoms with Crippen LogP contribution >= 0.6 is 0 Å². The van der Waals surface area contributed by atoms with Gasteiger partial charge in [0.05, 0.1) is 50.2 Å². The Morgan fingerprint density at radius 3 is 1.56 bits per heavy atom. The number of aromatic nitrogens is 3. The van der Waals surface area contributed by atoms with Gasteiger partial charge in [0.1, 0.15) is 53.8 Å². The van der Waals surface area contributed by atoms with E-state index in [0.29, 0.717) is 80.9 Å². The minimum Gasteiger partial charge on any atom is -0.491 e. The van der Waals surface area contributed by atoms with E-state index in [1.165, 1.54) is 104 Å². The Balaban J connectivity index is 0.000000173. The third kappa shape index (κ3) is 25.1. The summed E-state index contributed by atoms with van der Waals surface area (Å²) in [5, 5.41) is 10.4. The maximum absolute atomic E-state index is 14.2. The Kier molecular flexibility index (Phi) is 33.4. The lowest BCUT2D eigenvalue weighted by molar-refractivity contribution is -0.123. The summed E-state index contributed by atoms with van der Waals surface area (Å²) in [4.78, 5) is 59.3. The minimum absolute atomic E-state index is 0.0125. The molecular weight excluding hydrogens is 1370 g/mol. The van der Waals surface area contributed by atoms with E-state index in [1.807, 2.05) is 38.1 Å². The third-order valence-electron chi connectivity index (χ3n) is 22.0. The molecule has 0 radical (unpaired) electrons. The SMILES string of the molecule is CC(=O)[C@H](c1cc(F)ccc1COC(C)C)N1CC[C@@H](OCCCCc2ccc3c(n2)NC(C)CC3)C1.COCCOc1ccc(F)cc1C(C(C)=O)N1CC[C@@H](CCCCCc2ccc3c(n2)NCCC3)C1.COCCOc1ccccc1[C@@H](C(C)=O)N1CC[C@@H](CCCCCc2ccc3c(n2)NCCC3)C1. The summed E-state index contributed by atoms with van der Waals surface area (Å²) in [5.74, 6) is 5.33. The molecule has 9 heterocycles. The van der Waals surface area contributed by atoms with E-state index in [1.54, 1.807) is 47.1 Å². The highest BCUT2D eigenvalue weighted by Gasteiger charge is 2.37. The lowest BCUT2D eigenvalue weighted by Crippen LogP contribution is -2.33. The number of methoxy groups -OCH3 is 2. The van der Waals surface area contributed by atoms with Crippen molar-refractivity contribution >= 4 is 34.8 Å². The molecule has 6 aliphatic rings. The van der Waals surface area contributed by atoms with E-state index >= 15 is 0 Å². The van der Waals surface area contributed by atoms with Crippen molar-refractivity contribution in [3.05, 3.63) is 165 Å². The molecule has 588 valence electrons. The number of unbranched alkanes of at least 4 members (excludes halogenated alkanes) is 5. The first-order valence-electron chi connectivity index (χ1n) is 40.6. The molecule has 0 spiro atoms. The van der Waals surface area contributed by atoms with Crippen molar-refractivity contribution in [2.24, 2.45) is 11.8 Å². The summed E-state index contributed by atoms with van der Waals surface area (Å²) in [7, 11) is 3.28. The second-order valence-corrected chi connectivity index (χ2v) is 31.0. The van der Waals surface area contributed by atoms with E-state index in [0.717, 1.165) is 176 Å². The number of rotatable bonds is 38. The van der Waals surface area contributed by atoms with Crippen molar-refractivity contribution in [3.63, 3.8) is 0 Å². The van der Waals surface area contributed by atoms with Crippen LogP contribution in [-0.4, -0.2) is 165 Å². The molecule has 6 aromatic rings. The van der Waals surface area contributed by atoms with Crippen LogP contribution in [0.25, 0.3) is 0 Å². The Bertz CT molecular complexity index is 3810. The van der Waals surface area contributed by atoms with Crippen molar-refractivity contribution in [2.45, 2.75) is 226 Å². The Morgan fingerprint density at radius 2 is 1.00 bits per heavy atom. The third-order valence-corrected chi connectivity index (χ3v) is 22.0. The van der Waals surface area contributed by atoms with Crippen LogP contribution in [0.2, 0.25) is 0 Å². The summed E-state index contributed by atoms with van der Waals surface area (Å²) in [6, 6.07) is 29.6. The highest BCUT2D eigenvalue weighted by Crippen LogP contribution is 2.39. The maximum Gasteiger partial charge on any atom is 0.151 e. The number of pyridine rings is 3. The number of carbonyl (C=O) groups excluding carboxylic acids is 3. The number of ether oxygens (including phenoxy) is 6. The largest absolute Gasteiger partial charge is 0.491 e. The number of nitrogens with zero attached hydrogens (tertiary/aromatic N) is 6. The minimum atomic E-state index is -0.485. The molecule has 3 N–H and O–H groups in total. The van der Waals surface area contributed by atoms with E-state index in [2.05, 4.69) is 74.0 Å². The van der Waals surface area contributed by atoms with Gasteiger partial charge < -0.3 is 44.4 Å². The van der Waals surface area contributed by atoms with Crippen LogP contribution in [0.4, 0.5) is 26.2 Å². The number of carbonyl (C=O) groups is 3. The molecule has 3 aromatic heterocycles. The Hall–Kier alpha value is -7.30. The van der Waals surface area contributed by atoms with Gasteiger partial charge in [0.25, 0.3) is 0 Å². The lowest BCUT2D eigenvalue weighted by atomic mass is 9.96. The average Bonchev–Trinajstić information content (AvgIpc) is 1.59. The van der Waals surface area contributed by atoms with Gasteiger partial charge in [-0.05, 0) is 264 Å². The fourth-order valence-corrected chi connectivity index (χ4v) is 16.4. The molecule has 0 bridgehead atoms. The average molecular weight is 1490 g/mol. The number of benzene rings is 3. The fraction of sp³-hybridized carbons (Fsp3) is 0.591. The van der Waals surface area contributed by atoms with Gasteiger partial charge in [-0.3, -0.25) is 29.1 Å². The molecule has 3 saturated heterocycles. The first-order valence-corrected chi connectivity index (χ1v) is 40.6. The molecule has 6 aliphatic heterocycles. The molecule has 3 fully saturated rings. The van der Waals surface area contributed by atoms with Crippen molar-refractivity contribution in [1.82, 2.24) is 29.7 Å². The second-order valence-electron chi connectivity index (χ2n) is 31.0. The molecule has 2 unspecified atom stereocenters. The number of anilines is 3. The van der Waals surface area contributed by atoms with Crippen molar-refractivity contribution in [1.29, 1.82) is 0 Å². The highest BCUT2D eigenvalue weighted by molar-refractivity contribution is 5.85. The van der Waals surface area contributed by atoms with Crippen LogP contribution in [0.1, 0.15) is 218 Å². The van der Waals surface area contributed by atoms with Crippen LogP contribution in [0.5, 0.6) is 11.5 Å². The van der Waals surface area contributed by atoms with Crippen LogP contribution in [0.15, 0.2) is 97.1 Å². The quantitative estimate of drug-likeness (QED) is 0.0310. The Morgan fingerprint density at radius 1 is 0.509 bits per heavy atom. The number of likely N-dealkylation sites (tertiary alicyclic amines) is 3. The summed E-state index contributed by atoms with van der Waals surface area (Å²) < 4.78 is 62.3. The van der Waals surface area contributed by atoms with E-state index in [9.17, 15) is 23.2 Å². The topological polar surface area (TPSA) is 191 Å². The summed E-state index contributed by atoms with van der Waals surface area (Å²) in [6.45, 7) is 21.0. The molecule has 0 aliphatic carbocycles. The normalized spacial score (nSPS) is 19.2. The zero-order valence-electron chi connectivity index (χ0n) is 65.9. The number of hydrogen-bond donors (Lipinski definition) is 3. The molecule has 12 rings (SSSR count). The number of halogens is 2. The van der Waals surface area contributed by atoms with Gasteiger partial charge in [0, 0.05) is 94.3 Å². The van der Waals surface area contributed by atoms with Crippen LogP contribution in [0.3, 0.4) is 0 Å². The zero-order chi connectivity index (χ0) is 76.2. The molecule has 7 atom stereocenters. The predicted octanol–water partition coefficient (Wildman–Crippen LogP) is 16.2. The predicted molar refractivity (Wildman–Crippen MR) is 424 cm³/mol. The van der Waals surface area contributed by atoms with Crippen molar-refractivity contribution in [3.8, 4) is 11.5 Å². The van der Waals surface area contributed by atoms with Crippen molar-refractivity contribution in [2.75, 3.05) is 116 Å². The van der Waals surface area contributed by atoms with Gasteiger partial charge >= 0.3 is 0 Å². The number of aryl methyl sites for hydroxylation is 6. The maximum atomic E-state index is 14.2. The van der Waals surface area contributed by atoms with Gasteiger partial charge in [-0.1, -0.05) is 68.1 Å². The molecular formula is C88H123F2N9O9. The van der Waals surface area contributed by atoms with Crippen LogP contribution in [0, 0.1) is 23.5 Å². The first kappa shape index (κ1) is 83.2. The van der Waals surface area contributed by atoms with E-state index < -0.39 is 12.1 Å². The number of hydrogen-bond acceptors (Lipinski definition) is 18. The molecule has 108 heavy (non-hydrogen) atoms. The number of ketones is 3.